The van der Waals surface area contributed by atoms with E-state index in [4.69, 9.17) is 4.74 Å². The molecule has 0 saturated carbocycles. The minimum atomic E-state index is 0.101. The number of Topliss-reactive ketones (excluding diaryl/α,β-unsaturated/α-hetero) is 1. The number of ketones is 1. The SMILES string of the molecule is CCOc1cc(CC)c(C)c(C(C)=O)c1. The molecule has 0 aliphatic carbocycles. The molecular formula is C13H18O2. The summed E-state index contributed by atoms with van der Waals surface area (Å²) in [7, 11) is 0. The molecule has 0 unspecified atom stereocenters. The van der Waals surface area contributed by atoms with Gasteiger partial charge in [0.1, 0.15) is 5.75 Å². The molecule has 0 spiro atoms. The van der Waals surface area contributed by atoms with Crippen molar-refractivity contribution in [1.29, 1.82) is 0 Å². The summed E-state index contributed by atoms with van der Waals surface area (Å²) in [4.78, 5) is 11.4. The summed E-state index contributed by atoms with van der Waals surface area (Å²) in [6.07, 6.45) is 0.924. The Labute approximate surface area is 91.3 Å². The Morgan fingerprint density at radius 2 is 2.00 bits per heavy atom. The zero-order valence-electron chi connectivity index (χ0n) is 9.89. The molecule has 2 nitrogen and oxygen atoms in total. The van der Waals surface area contributed by atoms with Crippen molar-refractivity contribution in [2.24, 2.45) is 0 Å². The predicted octanol–water partition coefficient (Wildman–Crippen LogP) is 3.16. The Morgan fingerprint density at radius 3 is 2.47 bits per heavy atom. The molecule has 2 heteroatoms. The van der Waals surface area contributed by atoms with Crippen LogP contribution in [0.5, 0.6) is 5.75 Å². The first-order chi connectivity index (χ1) is 7.10. The van der Waals surface area contributed by atoms with Crippen molar-refractivity contribution in [2.75, 3.05) is 6.61 Å². The van der Waals surface area contributed by atoms with Crippen LogP contribution in [0.4, 0.5) is 0 Å². The van der Waals surface area contributed by atoms with E-state index in [1.807, 2.05) is 26.0 Å². The molecular weight excluding hydrogens is 188 g/mol. The van der Waals surface area contributed by atoms with E-state index >= 15 is 0 Å². The van der Waals surface area contributed by atoms with Gasteiger partial charge in [-0.05, 0) is 50.5 Å². The van der Waals surface area contributed by atoms with Crippen molar-refractivity contribution in [3.05, 3.63) is 28.8 Å². The van der Waals surface area contributed by atoms with Crippen LogP contribution in [0.3, 0.4) is 0 Å². The van der Waals surface area contributed by atoms with Crippen molar-refractivity contribution < 1.29 is 9.53 Å². The van der Waals surface area contributed by atoms with Crippen LogP contribution in [0.15, 0.2) is 12.1 Å². The number of hydrogen-bond donors (Lipinski definition) is 0. The topological polar surface area (TPSA) is 26.3 Å². The quantitative estimate of drug-likeness (QED) is 0.707. The van der Waals surface area contributed by atoms with Crippen LogP contribution >= 0.6 is 0 Å². The Hall–Kier alpha value is -1.31. The van der Waals surface area contributed by atoms with E-state index in [1.165, 1.54) is 5.56 Å². The highest BCUT2D eigenvalue weighted by atomic mass is 16.5. The van der Waals surface area contributed by atoms with Crippen LogP contribution in [0.1, 0.15) is 42.3 Å². The second-order valence-electron chi connectivity index (χ2n) is 3.60. The van der Waals surface area contributed by atoms with E-state index in [0.29, 0.717) is 6.61 Å². The molecule has 0 aliphatic heterocycles. The third kappa shape index (κ3) is 2.58. The standard InChI is InChI=1S/C13H18O2/c1-5-11-7-12(15-6-2)8-13(9(11)3)10(4)14/h7-8H,5-6H2,1-4H3. The van der Waals surface area contributed by atoms with Gasteiger partial charge in [-0.15, -0.1) is 0 Å². The maximum atomic E-state index is 11.4. The number of benzene rings is 1. The first-order valence-electron chi connectivity index (χ1n) is 5.37. The van der Waals surface area contributed by atoms with Gasteiger partial charge in [-0.3, -0.25) is 4.79 Å². The van der Waals surface area contributed by atoms with Gasteiger partial charge < -0.3 is 4.74 Å². The molecule has 0 saturated heterocycles. The summed E-state index contributed by atoms with van der Waals surface area (Å²) < 4.78 is 5.44. The molecule has 1 rings (SSSR count). The smallest absolute Gasteiger partial charge is 0.160 e. The summed E-state index contributed by atoms with van der Waals surface area (Å²) >= 11 is 0. The largest absolute Gasteiger partial charge is 0.494 e. The predicted molar refractivity (Wildman–Crippen MR) is 61.7 cm³/mol. The summed E-state index contributed by atoms with van der Waals surface area (Å²) in [5.41, 5.74) is 3.04. The van der Waals surface area contributed by atoms with Gasteiger partial charge >= 0.3 is 0 Å². The first-order valence-corrected chi connectivity index (χ1v) is 5.37. The van der Waals surface area contributed by atoms with Gasteiger partial charge in [0.05, 0.1) is 6.61 Å². The maximum absolute atomic E-state index is 11.4. The van der Waals surface area contributed by atoms with Crippen molar-refractivity contribution in [1.82, 2.24) is 0 Å². The van der Waals surface area contributed by atoms with Crippen LogP contribution in [0.25, 0.3) is 0 Å². The molecule has 82 valence electrons. The number of rotatable bonds is 4. The Morgan fingerprint density at radius 1 is 1.33 bits per heavy atom. The van der Waals surface area contributed by atoms with Crippen LogP contribution in [-0.2, 0) is 6.42 Å². The molecule has 15 heavy (non-hydrogen) atoms. The minimum Gasteiger partial charge on any atom is -0.494 e. The number of carbonyl (C=O) groups excluding carboxylic acids is 1. The normalized spacial score (nSPS) is 10.1. The molecule has 0 bridgehead atoms. The number of ether oxygens (including phenoxy) is 1. The lowest BCUT2D eigenvalue weighted by molar-refractivity contribution is 0.101. The van der Waals surface area contributed by atoms with E-state index < -0.39 is 0 Å². The zero-order chi connectivity index (χ0) is 11.4. The van der Waals surface area contributed by atoms with Gasteiger partial charge in [0.15, 0.2) is 5.78 Å². The lowest BCUT2D eigenvalue weighted by atomic mass is 9.98. The van der Waals surface area contributed by atoms with Gasteiger partial charge in [0, 0.05) is 5.56 Å². The number of aryl methyl sites for hydroxylation is 1. The molecule has 0 amide bonds. The highest BCUT2D eigenvalue weighted by Crippen LogP contribution is 2.23. The Bertz CT molecular complexity index is 367. The lowest BCUT2D eigenvalue weighted by Crippen LogP contribution is -2.02. The van der Waals surface area contributed by atoms with Gasteiger partial charge in [0.2, 0.25) is 0 Å². The van der Waals surface area contributed by atoms with Gasteiger partial charge in [0.25, 0.3) is 0 Å². The highest BCUT2D eigenvalue weighted by molar-refractivity contribution is 5.96. The molecule has 0 N–H and O–H groups in total. The van der Waals surface area contributed by atoms with Crippen molar-refractivity contribution in [2.45, 2.75) is 34.1 Å². The van der Waals surface area contributed by atoms with Crippen molar-refractivity contribution in [3.8, 4) is 5.75 Å². The molecule has 1 aromatic carbocycles. The highest BCUT2D eigenvalue weighted by Gasteiger charge is 2.10. The Kier molecular flexibility index (Phi) is 3.89. The maximum Gasteiger partial charge on any atom is 0.160 e. The van der Waals surface area contributed by atoms with E-state index in [1.54, 1.807) is 6.92 Å². The van der Waals surface area contributed by atoms with Crippen LogP contribution in [0.2, 0.25) is 0 Å². The zero-order valence-corrected chi connectivity index (χ0v) is 9.89. The number of hydrogen-bond acceptors (Lipinski definition) is 2. The molecule has 1 aromatic rings. The fraction of sp³-hybridized carbons (Fsp3) is 0.462. The average Bonchev–Trinajstić information content (AvgIpc) is 2.20. The van der Waals surface area contributed by atoms with Crippen LogP contribution in [0, 0.1) is 6.92 Å². The summed E-state index contributed by atoms with van der Waals surface area (Å²) in [6, 6.07) is 3.85. The fourth-order valence-electron chi connectivity index (χ4n) is 1.73. The monoisotopic (exact) mass is 206 g/mol. The molecule has 0 radical (unpaired) electrons. The van der Waals surface area contributed by atoms with Crippen LogP contribution in [-0.4, -0.2) is 12.4 Å². The van der Waals surface area contributed by atoms with Crippen molar-refractivity contribution >= 4 is 5.78 Å². The van der Waals surface area contributed by atoms with E-state index in [2.05, 4.69) is 6.92 Å². The molecule has 0 aromatic heterocycles. The van der Waals surface area contributed by atoms with Crippen molar-refractivity contribution in [3.63, 3.8) is 0 Å². The van der Waals surface area contributed by atoms with Gasteiger partial charge in [-0.2, -0.15) is 0 Å². The second-order valence-corrected chi connectivity index (χ2v) is 3.60. The molecule has 0 atom stereocenters. The van der Waals surface area contributed by atoms with E-state index in [-0.39, 0.29) is 5.78 Å². The fourth-order valence-corrected chi connectivity index (χ4v) is 1.73. The van der Waals surface area contributed by atoms with E-state index in [0.717, 1.165) is 23.3 Å². The summed E-state index contributed by atoms with van der Waals surface area (Å²) in [6.45, 7) is 8.24. The number of carbonyl (C=O) groups is 1. The second kappa shape index (κ2) is 4.96. The third-order valence-electron chi connectivity index (χ3n) is 2.56. The molecule has 0 aliphatic rings. The summed E-state index contributed by atoms with van der Waals surface area (Å²) in [5.74, 6) is 0.897. The molecule has 0 fully saturated rings. The van der Waals surface area contributed by atoms with Gasteiger partial charge in [-0.25, -0.2) is 0 Å². The first kappa shape index (κ1) is 11.8. The lowest BCUT2D eigenvalue weighted by Gasteiger charge is -2.11. The summed E-state index contributed by atoms with van der Waals surface area (Å²) in [5, 5.41) is 0. The average molecular weight is 206 g/mol. The van der Waals surface area contributed by atoms with E-state index in [9.17, 15) is 4.79 Å². The molecule has 0 heterocycles. The van der Waals surface area contributed by atoms with Gasteiger partial charge in [-0.1, -0.05) is 6.92 Å². The minimum absolute atomic E-state index is 0.101. The Balaban J connectivity index is 3.25. The third-order valence-corrected chi connectivity index (χ3v) is 2.56. The van der Waals surface area contributed by atoms with Crippen LogP contribution < -0.4 is 4.74 Å².